The molecule has 0 aliphatic carbocycles. The first kappa shape index (κ1) is 20.1. The lowest BCUT2D eigenvalue weighted by Gasteiger charge is -2.14. The summed E-state index contributed by atoms with van der Waals surface area (Å²) in [5.41, 5.74) is 1.67. The second-order valence-electron chi connectivity index (χ2n) is 6.12. The Labute approximate surface area is 173 Å². The van der Waals surface area contributed by atoms with Crippen LogP contribution in [0.3, 0.4) is 0 Å². The molecule has 1 N–H and O–H groups in total. The van der Waals surface area contributed by atoms with Crippen LogP contribution in [0.5, 0.6) is 5.75 Å². The van der Waals surface area contributed by atoms with E-state index in [9.17, 15) is 9.59 Å². The molecule has 7 heteroatoms. The summed E-state index contributed by atoms with van der Waals surface area (Å²) >= 11 is 6.63. The quantitative estimate of drug-likeness (QED) is 0.542. The third-order valence-electron chi connectivity index (χ3n) is 4.13. The maximum absolute atomic E-state index is 12.6. The van der Waals surface area contributed by atoms with Crippen LogP contribution in [-0.4, -0.2) is 34.7 Å². The molecule has 0 bridgehead atoms. The fourth-order valence-electron chi connectivity index (χ4n) is 2.69. The lowest BCUT2D eigenvalue weighted by atomic mass is 10.2. The van der Waals surface area contributed by atoms with Crippen molar-refractivity contribution in [3.8, 4) is 5.75 Å². The van der Waals surface area contributed by atoms with Crippen LogP contribution in [0.15, 0.2) is 59.5 Å². The zero-order valence-corrected chi connectivity index (χ0v) is 17.0. The first-order valence-corrected chi connectivity index (χ1v) is 10.0. The van der Waals surface area contributed by atoms with Crippen molar-refractivity contribution < 1.29 is 14.3 Å². The van der Waals surface area contributed by atoms with Gasteiger partial charge in [0.15, 0.2) is 0 Å². The van der Waals surface area contributed by atoms with Gasteiger partial charge in [-0.15, -0.1) is 0 Å². The molecule has 0 radical (unpaired) electrons. The molecule has 5 nitrogen and oxygen atoms in total. The van der Waals surface area contributed by atoms with E-state index < -0.39 is 0 Å². The summed E-state index contributed by atoms with van der Waals surface area (Å²) in [5, 5.41) is 2.84. The molecule has 0 atom stereocenters. The van der Waals surface area contributed by atoms with E-state index >= 15 is 0 Å². The van der Waals surface area contributed by atoms with Gasteiger partial charge in [0, 0.05) is 18.7 Å². The molecule has 1 heterocycles. The molecular weight excluding hydrogens is 392 g/mol. The first-order valence-electron chi connectivity index (χ1n) is 8.81. The number of amides is 2. The number of hydrogen-bond acceptors (Lipinski definition) is 5. The van der Waals surface area contributed by atoms with Crippen molar-refractivity contribution in [2.24, 2.45) is 0 Å². The minimum Gasteiger partial charge on any atom is -0.497 e. The SMILES string of the molecule is COc1ccc(NC(=O)CCCN2C(=O)/C(=C/c3ccccc3)SC2=S)cc1. The van der Waals surface area contributed by atoms with E-state index in [1.54, 1.807) is 36.3 Å². The predicted octanol–water partition coefficient (Wildman–Crippen LogP) is 4.32. The third-order valence-corrected chi connectivity index (χ3v) is 5.51. The van der Waals surface area contributed by atoms with Crippen molar-refractivity contribution in [1.29, 1.82) is 0 Å². The van der Waals surface area contributed by atoms with Gasteiger partial charge in [-0.05, 0) is 42.3 Å². The molecule has 2 aromatic rings. The van der Waals surface area contributed by atoms with Crippen LogP contribution in [0.2, 0.25) is 0 Å². The summed E-state index contributed by atoms with van der Waals surface area (Å²) in [4.78, 5) is 26.9. The summed E-state index contributed by atoms with van der Waals surface area (Å²) in [6.45, 7) is 0.423. The van der Waals surface area contributed by atoms with E-state index in [4.69, 9.17) is 17.0 Å². The molecule has 0 spiro atoms. The van der Waals surface area contributed by atoms with E-state index in [1.807, 2.05) is 36.4 Å². The number of anilines is 1. The van der Waals surface area contributed by atoms with E-state index in [2.05, 4.69) is 5.32 Å². The number of nitrogens with one attached hydrogen (secondary N) is 1. The number of benzene rings is 2. The molecule has 1 aliphatic rings. The van der Waals surface area contributed by atoms with Crippen LogP contribution >= 0.6 is 24.0 Å². The van der Waals surface area contributed by atoms with Gasteiger partial charge in [-0.3, -0.25) is 14.5 Å². The number of carbonyl (C=O) groups excluding carboxylic acids is 2. The molecule has 0 unspecified atom stereocenters. The number of ether oxygens (including phenoxy) is 1. The number of thioether (sulfide) groups is 1. The largest absolute Gasteiger partial charge is 0.497 e. The highest BCUT2D eigenvalue weighted by molar-refractivity contribution is 8.26. The second kappa shape index (κ2) is 9.52. The summed E-state index contributed by atoms with van der Waals surface area (Å²) in [6.07, 6.45) is 2.68. The van der Waals surface area contributed by atoms with Gasteiger partial charge in [-0.2, -0.15) is 0 Å². The van der Waals surface area contributed by atoms with Crippen molar-refractivity contribution in [1.82, 2.24) is 4.90 Å². The zero-order valence-electron chi connectivity index (χ0n) is 15.4. The van der Waals surface area contributed by atoms with Crippen LogP contribution < -0.4 is 10.1 Å². The van der Waals surface area contributed by atoms with Crippen LogP contribution in [-0.2, 0) is 9.59 Å². The Kier molecular flexibility index (Phi) is 6.84. The Bertz CT molecular complexity index is 896. The highest BCUT2D eigenvalue weighted by Crippen LogP contribution is 2.32. The van der Waals surface area contributed by atoms with Gasteiger partial charge < -0.3 is 10.1 Å². The fraction of sp³-hybridized carbons (Fsp3) is 0.190. The Morgan fingerprint density at radius 2 is 1.89 bits per heavy atom. The summed E-state index contributed by atoms with van der Waals surface area (Å²) in [5.74, 6) is 0.528. The lowest BCUT2D eigenvalue weighted by molar-refractivity contribution is -0.122. The first-order chi connectivity index (χ1) is 13.6. The van der Waals surface area contributed by atoms with Gasteiger partial charge in [0.05, 0.1) is 12.0 Å². The fourth-order valence-corrected chi connectivity index (χ4v) is 4.00. The maximum Gasteiger partial charge on any atom is 0.266 e. The number of rotatable bonds is 7. The second-order valence-corrected chi connectivity index (χ2v) is 7.80. The topological polar surface area (TPSA) is 58.6 Å². The zero-order chi connectivity index (χ0) is 19.9. The van der Waals surface area contributed by atoms with E-state index in [0.29, 0.717) is 34.3 Å². The third kappa shape index (κ3) is 5.21. The Morgan fingerprint density at radius 3 is 2.57 bits per heavy atom. The van der Waals surface area contributed by atoms with Crippen molar-refractivity contribution in [3.63, 3.8) is 0 Å². The number of methoxy groups -OCH3 is 1. The van der Waals surface area contributed by atoms with Crippen molar-refractivity contribution >= 4 is 51.9 Å². The minimum absolute atomic E-state index is 0.101. The predicted molar refractivity (Wildman–Crippen MR) is 117 cm³/mol. The lowest BCUT2D eigenvalue weighted by Crippen LogP contribution is -2.29. The average molecular weight is 413 g/mol. The van der Waals surface area contributed by atoms with Gasteiger partial charge in [0.25, 0.3) is 5.91 Å². The standard InChI is InChI=1S/C21H20N2O3S2/c1-26-17-11-9-16(10-12-17)22-19(24)8-5-13-23-20(25)18(28-21(23)27)14-15-6-3-2-4-7-15/h2-4,6-7,9-12,14H,5,8,13H2,1H3,(H,22,24)/b18-14-. The van der Waals surface area contributed by atoms with E-state index in [1.165, 1.54) is 11.8 Å². The average Bonchev–Trinajstić information content (AvgIpc) is 2.96. The molecule has 1 fully saturated rings. The minimum atomic E-state index is -0.102. The monoisotopic (exact) mass is 412 g/mol. The molecule has 3 rings (SSSR count). The number of hydrogen-bond donors (Lipinski definition) is 1. The number of nitrogens with zero attached hydrogens (tertiary/aromatic N) is 1. The Morgan fingerprint density at radius 1 is 1.18 bits per heavy atom. The van der Waals surface area contributed by atoms with E-state index in [-0.39, 0.29) is 11.8 Å². The van der Waals surface area contributed by atoms with Crippen molar-refractivity contribution in [2.45, 2.75) is 12.8 Å². The highest BCUT2D eigenvalue weighted by Gasteiger charge is 2.31. The summed E-state index contributed by atoms with van der Waals surface area (Å²) in [7, 11) is 1.59. The molecule has 1 aliphatic heterocycles. The normalized spacial score (nSPS) is 15.2. The van der Waals surface area contributed by atoms with Crippen LogP contribution in [0.4, 0.5) is 5.69 Å². The molecule has 2 amide bonds. The highest BCUT2D eigenvalue weighted by atomic mass is 32.2. The number of thiocarbonyl (C=S) groups is 1. The van der Waals surface area contributed by atoms with Gasteiger partial charge in [-0.25, -0.2) is 0 Å². The smallest absolute Gasteiger partial charge is 0.266 e. The number of carbonyl (C=O) groups is 2. The van der Waals surface area contributed by atoms with Crippen molar-refractivity contribution in [3.05, 3.63) is 65.1 Å². The van der Waals surface area contributed by atoms with Crippen molar-refractivity contribution in [2.75, 3.05) is 19.0 Å². The van der Waals surface area contributed by atoms with Crippen LogP contribution in [0, 0.1) is 0 Å². The van der Waals surface area contributed by atoms with Gasteiger partial charge >= 0.3 is 0 Å². The van der Waals surface area contributed by atoms with Crippen LogP contribution in [0.25, 0.3) is 6.08 Å². The molecule has 144 valence electrons. The summed E-state index contributed by atoms with van der Waals surface area (Å²) < 4.78 is 5.62. The molecular formula is C21H20N2O3S2. The Balaban J connectivity index is 1.50. The maximum atomic E-state index is 12.6. The van der Waals surface area contributed by atoms with E-state index in [0.717, 1.165) is 11.3 Å². The Hall–Kier alpha value is -2.64. The summed E-state index contributed by atoms with van der Waals surface area (Å²) in [6, 6.07) is 16.8. The molecule has 0 aromatic heterocycles. The van der Waals surface area contributed by atoms with Gasteiger partial charge in [-0.1, -0.05) is 54.3 Å². The van der Waals surface area contributed by atoms with Gasteiger partial charge in [0.2, 0.25) is 5.91 Å². The van der Waals surface area contributed by atoms with Crippen LogP contribution in [0.1, 0.15) is 18.4 Å². The molecule has 2 aromatic carbocycles. The van der Waals surface area contributed by atoms with Gasteiger partial charge in [0.1, 0.15) is 10.1 Å². The molecule has 0 saturated carbocycles. The molecule has 1 saturated heterocycles. The molecule has 28 heavy (non-hydrogen) atoms.